The maximum absolute atomic E-state index is 12.0. The average molecular weight is 246 g/mol. The molecule has 0 spiro atoms. The van der Waals surface area contributed by atoms with Gasteiger partial charge in [-0.1, -0.05) is 25.1 Å². The molecule has 0 saturated carbocycles. The largest absolute Gasteiger partial charge is 0.355 e. The number of nitrogens with zero attached hydrogens (tertiary/aromatic N) is 1. The van der Waals surface area contributed by atoms with Crippen molar-refractivity contribution in [3.05, 3.63) is 29.8 Å². The van der Waals surface area contributed by atoms with Gasteiger partial charge >= 0.3 is 0 Å². The number of para-hydroxylation sites is 1. The Morgan fingerprint density at radius 3 is 2.72 bits per heavy atom. The highest BCUT2D eigenvalue weighted by Gasteiger charge is 2.36. The van der Waals surface area contributed by atoms with E-state index in [1.807, 2.05) is 38.1 Å². The number of carbonyl (C=O) groups excluding carboxylic acids is 2. The fourth-order valence-electron chi connectivity index (χ4n) is 2.37. The molecule has 0 bridgehead atoms. The number of carbonyl (C=O) groups is 2. The van der Waals surface area contributed by atoms with Crippen LogP contribution in [0.4, 0.5) is 5.69 Å². The molecule has 0 saturated heterocycles. The summed E-state index contributed by atoms with van der Waals surface area (Å²) in [5.74, 6) is -0.0771. The van der Waals surface area contributed by atoms with E-state index in [0.717, 1.165) is 11.3 Å². The van der Waals surface area contributed by atoms with E-state index in [-0.39, 0.29) is 11.8 Å². The number of fused-ring (bicyclic) bond motifs is 1. The molecule has 1 aromatic carbocycles. The SMILES string of the molecule is CCNC(=O)C1Cc2ccccc2N1C(=O)CC. The third kappa shape index (κ3) is 2.10. The average Bonchev–Trinajstić information content (AvgIpc) is 2.77. The van der Waals surface area contributed by atoms with Gasteiger partial charge in [0.1, 0.15) is 6.04 Å². The molecule has 1 atom stereocenters. The lowest BCUT2D eigenvalue weighted by molar-refractivity contribution is -0.126. The highest BCUT2D eigenvalue weighted by Crippen LogP contribution is 2.32. The van der Waals surface area contributed by atoms with Crippen molar-refractivity contribution in [3.8, 4) is 0 Å². The van der Waals surface area contributed by atoms with Crippen molar-refractivity contribution in [2.75, 3.05) is 11.4 Å². The maximum atomic E-state index is 12.0. The van der Waals surface area contributed by atoms with Crippen LogP contribution in [0.25, 0.3) is 0 Å². The Labute approximate surface area is 107 Å². The number of benzene rings is 1. The van der Waals surface area contributed by atoms with Crippen molar-refractivity contribution in [1.82, 2.24) is 5.32 Å². The lowest BCUT2D eigenvalue weighted by atomic mass is 10.1. The van der Waals surface area contributed by atoms with Crippen molar-refractivity contribution in [2.24, 2.45) is 0 Å². The van der Waals surface area contributed by atoms with Gasteiger partial charge in [-0.25, -0.2) is 0 Å². The summed E-state index contributed by atoms with van der Waals surface area (Å²) < 4.78 is 0. The molecule has 0 radical (unpaired) electrons. The normalized spacial score (nSPS) is 17.4. The predicted octanol–water partition coefficient (Wildman–Crippen LogP) is 1.49. The Morgan fingerprint density at radius 2 is 2.06 bits per heavy atom. The first-order chi connectivity index (χ1) is 8.69. The summed E-state index contributed by atoms with van der Waals surface area (Å²) in [5.41, 5.74) is 1.94. The summed E-state index contributed by atoms with van der Waals surface area (Å²) in [4.78, 5) is 25.7. The Hall–Kier alpha value is -1.84. The van der Waals surface area contributed by atoms with Gasteiger partial charge in [0.15, 0.2) is 0 Å². The van der Waals surface area contributed by atoms with Gasteiger partial charge in [0.2, 0.25) is 11.8 Å². The molecule has 0 aliphatic carbocycles. The third-order valence-corrected chi connectivity index (χ3v) is 3.20. The lowest BCUT2D eigenvalue weighted by Gasteiger charge is -2.24. The van der Waals surface area contributed by atoms with Crippen LogP contribution < -0.4 is 10.2 Å². The first-order valence-corrected chi connectivity index (χ1v) is 6.36. The maximum Gasteiger partial charge on any atom is 0.243 e. The van der Waals surface area contributed by atoms with Crippen LogP contribution >= 0.6 is 0 Å². The molecule has 2 amide bonds. The van der Waals surface area contributed by atoms with E-state index in [4.69, 9.17) is 0 Å². The molecule has 1 unspecified atom stereocenters. The minimum Gasteiger partial charge on any atom is -0.355 e. The molecule has 96 valence electrons. The Kier molecular flexibility index (Phi) is 3.65. The highest BCUT2D eigenvalue weighted by atomic mass is 16.2. The van der Waals surface area contributed by atoms with Crippen molar-refractivity contribution >= 4 is 17.5 Å². The Balaban J connectivity index is 2.33. The standard InChI is InChI=1S/C14H18N2O2/c1-3-13(17)16-11-8-6-5-7-10(11)9-12(16)14(18)15-4-2/h5-8,12H,3-4,9H2,1-2H3,(H,15,18). The fourth-order valence-corrected chi connectivity index (χ4v) is 2.37. The zero-order valence-corrected chi connectivity index (χ0v) is 10.8. The number of hydrogen-bond acceptors (Lipinski definition) is 2. The molecule has 1 heterocycles. The van der Waals surface area contributed by atoms with E-state index < -0.39 is 6.04 Å². The van der Waals surface area contributed by atoms with Crippen LogP contribution in [0.15, 0.2) is 24.3 Å². The van der Waals surface area contributed by atoms with Gasteiger partial charge in [0, 0.05) is 25.1 Å². The second kappa shape index (κ2) is 5.21. The zero-order valence-electron chi connectivity index (χ0n) is 10.8. The van der Waals surface area contributed by atoms with Crippen LogP contribution in [0.5, 0.6) is 0 Å². The van der Waals surface area contributed by atoms with Crippen LogP contribution in [0, 0.1) is 0 Å². The molecular weight excluding hydrogens is 228 g/mol. The third-order valence-electron chi connectivity index (χ3n) is 3.20. The van der Waals surface area contributed by atoms with E-state index in [1.165, 1.54) is 0 Å². The predicted molar refractivity (Wildman–Crippen MR) is 70.4 cm³/mol. The van der Waals surface area contributed by atoms with Gasteiger partial charge in [-0.15, -0.1) is 0 Å². The number of anilines is 1. The molecule has 4 heteroatoms. The molecule has 4 nitrogen and oxygen atoms in total. The molecule has 1 N–H and O–H groups in total. The molecule has 1 aliphatic heterocycles. The van der Waals surface area contributed by atoms with Gasteiger partial charge < -0.3 is 5.32 Å². The first-order valence-electron chi connectivity index (χ1n) is 6.36. The van der Waals surface area contributed by atoms with Crippen molar-refractivity contribution < 1.29 is 9.59 Å². The molecule has 0 aromatic heterocycles. The van der Waals surface area contributed by atoms with Crippen LogP contribution in [0.2, 0.25) is 0 Å². The van der Waals surface area contributed by atoms with Gasteiger partial charge in [-0.2, -0.15) is 0 Å². The Bertz CT molecular complexity index is 471. The highest BCUT2D eigenvalue weighted by molar-refractivity contribution is 6.03. The van der Waals surface area contributed by atoms with Crippen molar-refractivity contribution in [1.29, 1.82) is 0 Å². The van der Waals surface area contributed by atoms with E-state index >= 15 is 0 Å². The van der Waals surface area contributed by atoms with E-state index in [9.17, 15) is 9.59 Å². The Morgan fingerprint density at radius 1 is 1.33 bits per heavy atom. The van der Waals surface area contributed by atoms with Crippen LogP contribution in [-0.2, 0) is 16.0 Å². The minimum atomic E-state index is -0.394. The zero-order chi connectivity index (χ0) is 13.1. The fraction of sp³-hybridized carbons (Fsp3) is 0.429. The van der Waals surface area contributed by atoms with Crippen molar-refractivity contribution in [3.63, 3.8) is 0 Å². The van der Waals surface area contributed by atoms with Crippen LogP contribution in [0.1, 0.15) is 25.8 Å². The number of nitrogens with one attached hydrogen (secondary N) is 1. The quantitative estimate of drug-likeness (QED) is 0.878. The smallest absolute Gasteiger partial charge is 0.243 e. The van der Waals surface area contributed by atoms with Gasteiger partial charge in [0.05, 0.1) is 0 Å². The monoisotopic (exact) mass is 246 g/mol. The molecule has 0 fully saturated rings. The molecule has 1 aliphatic rings. The van der Waals surface area contributed by atoms with Gasteiger partial charge in [-0.3, -0.25) is 14.5 Å². The summed E-state index contributed by atoms with van der Waals surface area (Å²) in [5, 5.41) is 2.80. The molecule has 1 aromatic rings. The summed E-state index contributed by atoms with van der Waals surface area (Å²) in [6.07, 6.45) is 1.01. The molecule has 18 heavy (non-hydrogen) atoms. The summed E-state index contributed by atoms with van der Waals surface area (Å²) in [7, 11) is 0. The molecule has 2 rings (SSSR count). The van der Waals surface area contributed by atoms with Gasteiger partial charge in [-0.05, 0) is 18.6 Å². The summed E-state index contributed by atoms with van der Waals surface area (Å²) >= 11 is 0. The van der Waals surface area contributed by atoms with Crippen LogP contribution in [-0.4, -0.2) is 24.4 Å². The van der Waals surface area contributed by atoms with E-state index in [2.05, 4.69) is 5.32 Å². The number of rotatable bonds is 3. The number of amides is 2. The van der Waals surface area contributed by atoms with E-state index in [1.54, 1.807) is 4.90 Å². The summed E-state index contributed by atoms with van der Waals surface area (Å²) in [6, 6.07) is 7.32. The van der Waals surface area contributed by atoms with Gasteiger partial charge in [0.25, 0.3) is 0 Å². The second-order valence-electron chi connectivity index (χ2n) is 4.36. The topological polar surface area (TPSA) is 49.4 Å². The summed E-state index contributed by atoms with van der Waals surface area (Å²) in [6.45, 7) is 4.28. The lowest BCUT2D eigenvalue weighted by Crippen LogP contribution is -2.47. The second-order valence-corrected chi connectivity index (χ2v) is 4.36. The first kappa shape index (κ1) is 12.6. The minimum absolute atomic E-state index is 0.00352. The van der Waals surface area contributed by atoms with Crippen molar-refractivity contribution in [2.45, 2.75) is 32.7 Å². The number of likely N-dealkylation sites (N-methyl/N-ethyl adjacent to an activating group) is 1. The van der Waals surface area contributed by atoms with E-state index in [0.29, 0.717) is 19.4 Å². The van der Waals surface area contributed by atoms with Crippen LogP contribution in [0.3, 0.4) is 0 Å². The number of hydrogen-bond donors (Lipinski definition) is 1. The molecular formula is C14H18N2O2.